The molecule has 0 aromatic heterocycles. The van der Waals surface area contributed by atoms with Crippen molar-refractivity contribution >= 4 is 34.2 Å². The Kier molecular flexibility index (Phi) is 9.94. The molecule has 1 saturated heterocycles. The summed E-state index contributed by atoms with van der Waals surface area (Å²) < 4.78 is 23.0. The quantitative estimate of drug-likeness (QED) is 0.402. The Morgan fingerprint density at radius 2 is 1.85 bits per heavy atom. The Labute approximate surface area is 289 Å². The molecule has 5 unspecified atom stereocenters. The van der Waals surface area contributed by atoms with Crippen LogP contribution in [0.3, 0.4) is 0 Å². The van der Waals surface area contributed by atoms with E-state index in [9.17, 15) is 9.00 Å². The van der Waals surface area contributed by atoms with E-state index in [2.05, 4.69) is 45.5 Å². The Bertz CT molecular complexity index is 1480. The number of amides is 1. The van der Waals surface area contributed by atoms with E-state index in [0.717, 1.165) is 87.8 Å². The molecule has 1 spiro atoms. The fourth-order valence-electron chi connectivity index (χ4n) is 9.17. The second-order valence-corrected chi connectivity index (χ2v) is 17.5. The maximum absolute atomic E-state index is 13.5. The molecule has 1 N–H and O–H groups in total. The van der Waals surface area contributed by atoms with Gasteiger partial charge < -0.3 is 19.4 Å². The molecule has 7 rings (SSSR count). The summed E-state index contributed by atoms with van der Waals surface area (Å²) in [5, 5.41) is 0.684. The minimum Gasteiger partial charge on any atom is -0.490 e. The third kappa shape index (κ3) is 6.99. The summed E-state index contributed by atoms with van der Waals surface area (Å²) in [6, 6.07) is 12.2. The van der Waals surface area contributed by atoms with E-state index in [0.29, 0.717) is 29.9 Å². The van der Waals surface area contributed by atoms with E-state index in [-0.39, 0.29) is 22.5 Å². The van der Waals surface area contributed by atoms with Crippen LogP contribution in [0.5, 0.6) is 5.75 Å². The number of carbonyl (C=O) groups excluding carboxylic acids is 1. The van der Waals surface area contributed by atoms with Crippen molar-refractivity contribution < 1.29 is 13.7 Å². The molecular formula is C38H53ClN4O3S. The van der Waals surface area contributed by atoms with Crippen molar-refractivity contribution in [2.75, 3.05) is 64.4 Å². The number of aryl methyl sites for hydroxylation is 1. The lowest BCUT2D eigenvalue weighted by Crippen LogP contribution is -2.51. The van der Waals surface area contributed by atoms with Gasteiger partial charge in [-0.05, 0) is 124 Å². The van der Waals surface area contributed by atoms with Crippen molar-refractivity contribution in [2.45, 2.75) is 75.9 Å². The fourth-order valence-corrected chi connectivity index (χ4v) is 10.4. The maximum Gasteiger partial charge on any atom is 0.263 e. The molecule has 7 nitrogen and oxygen atoms in total. The van der Waals surface area contributed by atoms with E-state index < -0.39 is 11.0 Å². The normalized spacial score (nSPS) is 34.0. The summed E-state index contributed by atoms with van der Waals surface area (Å²) in [5.74, 6) is 2.80. The molecule has 1 saturated carbocycles. The van der Waals surface area contributed by atoms with Crippen LogP contribution in [0.2, 0.25) is 5.02 Å². The lowest BCUT2D eigenvalue weighted by molar-refractivity contribution is 0.0536. The Balaban J connectivity index is 1.24. The number of hydrogen-bond acceptors (Lipinski definition) is 6. The number of nitrogens with zero attached hydrogens (tertiary/aromatic N) is 3. The van der Waals surface area contributed by atoms with Gasteiger partial charge in [-0.25, -0.2) is 4.21 Å². The van der Waals surface area contributed by atoms with E-state index in [4.69, 9.17) is 16.3 Å². The molecule has 7 atom stereocenters. The summed E-state index contributed by atoms with van der Waals surface area (Å²) >= 11 is 6.49. The number of nitrogens with one attached hydrogen (secondary N) is 1. The van der Waals surface area contributed by atoms with Gasteiger partial charge in [0, 0.05) is 61.8 Å². The van der Waals surface area contributed by atoms with Gasteiger partial charge in [0.15, 0.2) is 0 Å². The Morgan fingerprint density at radius 3 is 2.64 bits per heavy atom. The molecule has 1 amide bonds. The minimum atomic E-state index is -1.46. The molecule has 2 aromatic rings. The summed E-state index contributed by atoms with van der Waals surface area (Å²) in [6.07, 6.45) is 9.15. The first kappa shape index (κ1) is 33.4. The number of carbonyl (C=O) groups is 1. The number of piperazine rings is 1. The molecule has 2 fully saturated rings. The average molecular weight is 681 g/mol. The van der Waals surface area contributed by atoms with Crippen molar-refractivity contribution in [2.24, 2.45) is 23.7 Å². The first-order valence-electron chi connectivity index (χ1n) is 18.1. The van der Waals surface area contributed by atoms with Crippen molar-refractivity contribution in [1.82, 2.24) is 14.5 Å². The number of benzene rings is 2. The number of fused-ring (bicyclic) bond motifs is 4. The zero-order valence-corrected chi connectivity index (χ0v) is 30.1. The molecule has 3 aliphatic heterocycles. The lowest BCUT2D eigenvalue weighted by atomic mass is 9.65. The molecule has 5 aliphatic rings. The van der Waals surface area contributed by atoms with Crippen molar-refractivity contribution in [3.63, 3.8) is 0 Å². The first-order chi connectivity index (χ1) is 22.7. The van der Waals surface area contributed by atoms with Crippen LogP contribution in [0.4, 0.5) is 5.69 Å². The van der Waals surface area contributed by atoms with Gasteiger partial charge in [0.2, 0.25) is 0 Å². The molecule has 3 heterocycles. The van der Waals surface area contributed by atoms with Gasteiger partial charge in [-0.15, -0.1) is 0 Å². The highest BCUT2D eigenvalue weighted by Gasteiger charge is 2.45. The highest BCUT2D eigenvalue weighted by Crippen LogP contribution is 2.48. The summed E-state index contributed by atoms with van der Waals surface area (Å²) in [4.78, 5) is 21.3. The smallest absolute Gasteiger partial charge is 0.263 e. The molecular weight excluding hydrogens is 628 g/mol. The maximum atomic E-state index is 13.5. The van der Waals surface area contributed by atoms with Crippen molar-refractivity contribution in [1.29, 1.82) is 0 Å². The van der Waals surface area contributed by atoms with Gasteiger partial charge >= 0.3 is 0 Å². The van der Waals surface area contributed by atoms with E-state index in [1.165, 1.54) is 36.9 Å². The molecule has 2 bridgehead atoms. The molecule has 2 aliphatic carbocycles. The van der Waals surface area contributed by atoms with Gasteiger partial charge in [-0.3, -0.25) is 9.52 Å². The van der Waals surface area contributed by atoms with Crippen LogP contribution in [-0.4, -0.2) is 84.6 Å². The SMILES string of the molecule is CC1CCC[C@@H](CN2CCN(C)CC2)C2CCC2CN2C[C@@]3(CCCc4cc(Cl)ccc43)COc3ccc(cc32)C(=O)NS(=O)C1C. The zero-order valence-electron chi connectivity index (χ0n) is 28.5. The standard InChI is InChI=1S/C38H53ClN4O3S/c1-26-6-4-7-30(22-42-18-16-41(3)17-19-42)33-12-9-31(33)23-43-24-38(15-5-8-28-20-32(39)11-13-34(28)38)25-46-36-14-10-29(21-35(36)43)37(44)40-47(45)27(26)2/h10-11,13-14,20-21,26-27,30-31,33H,4-9,12,15-19,22-25H2,1-3H3,(H,40,44)/t26?,27?,30-,31?,33?,38-,47?/m0/s1. The number of hydrogen-bond donors (Lipinski definition) is 1. The third-order valence-electron chi connectivity index (χ3n) is 12.5. The van der Waals surface area contributed by atoms with Gasteiger partial charge in [0.1, 0.15) is 16.7 Å². The van der Waals surface area contributed by atoms with Crippen LogP contribution >= 0.6 is 11.6 Å². The predicted molar refractivity (Wildman–Crippen MR) is 192 cm³/mol. The van der Waals surface area contributed by atoms with Gasteiger partial charge in [-0.1, -0.05) is 31.0 Å². The van der Waals surface area contributed by atoms with Crippen LogP contribution < -0.4 is 14.4 Å². The Hall–Kier alpha value is -2.13. The molecule has 0 radical (unpaired) electrons. The topological polar surface area (TPSA) is 65.1 Å². The van der Waals surface area contributed by atoms with Gasteiger partial charge in [0.05, 0.1) is 17.5 Å². The van der Waals surface area contributed by atoms with Crippen LogP contribution in [0.15, 0.2) is 36.4 Å². The summed E-state index contributed by atoms with van der Waals surface area (Å²) in [6.45, 7) is 12.4. The van der Waals surface area contributed by atoms with Crippen molar-refractivity contribution in [3.8, 4) is 5.75 Å². The highest BCUT2D eigenvalue weighted by molar-refractivity contribution is 7.84. The van der Waals surface area contributed by atoms with Crippen LogP contribution in [-0.2, 0) is 22.8 Å². The average Bonchev–Trinajstić information content (AvgIpc) is 3.19. The largest absolute Gasteiger partial charge is 0.490 e. The molecule has 47 heavy (non-hydrogen) atoms. The van der Waals surface area contributed by atoms with Crippen molar-refractivity contribution in [3.05, 3.63) is 58.1 Å². The second-order valence-electron chi connectivity index (χ2n) is 15.5. The summed E-state index contributed by atoms with van der Waals surface area (Å²) in [7, 11) is 0.781. The lowest BCUT2D eigenvalue weighted by Gasteiger charge is -2.48. The highest BCUT2D eigenvalue weighted by atomic mass is 35.5. The van der Waals surface area contributed by atoms with Crippen LogP contribution in [0.25, 0.3) is 0 Å². The number of ether oxygens (including phenoxy) is 1. The van der Waals surface area contributed by atoms with E-state index in [1.54, 1.807) is 0 Å². The van der Waals surface area contributed by atoms with Gasteiger partial charge in [-0.2, -0.15) is 0 Å². The second kappa shape index (κ2) is 14.0. The molecule has 2 aromatic carbocycles. The zero-order chi connectivity index (χ0) is 32.7. The number of halogens is 1. The fraction of sp³-hybridized carbons (Fsp3) is 0.658. The summed E-state index contributed by atoms with van der Waals surface area (Å²) in [5.41, 5.74) is 4.10. The number of anilines is 1. The predicted octanol–water partition coefficient (Wildman–Crippen LogP) is 6.30. The molecule has 9 heteroatoms. The van der Waals surface area contributed by atoms with Crippen LogP contribution in [0, 0.1) is 23.7 Å². The van der Waals surface area contributed by atoms with Gasteiger partial charge in [0.25, 0.3) is 5.91 Å². The monoisotopic (exact) mass is 680 g/mol. The number of rotatable bonds is 2. The van der Waals surface area contributed by atoms with E-state index in [1.807, 2.05) is 31.2 Å². The molecule has 256 valence electrons. The van der Waals surface area contributed by atoms with Crippen LogP contribution in [0.1, 0.15) is 80.3 Å². The minimum absolute atomic E-state index is 0.111. The number of likely N-dealkylation sites (N-methyl/N-ethyl adjacent to an activating group) is 1. The Morgan fingerprint density at radius 1 is 1.02 bits per heavy atom. The van der Waals surface area contributed by atoms with E-state index >= 15 is 0 Å². The first-order valence-corrected chi connectivity index (χ1v) is 19.7. The third-order valence-corrected chi connectivity index (χ3v) is 14.3.